The van der Waals surface area contributed by atoms with E-state index in [1.54, 1.807) is 24.3 Å². The summed E-state index contributed by atoms with van der Waals surface area (Å²) in [5.41, 5.74) is 0.252. The first kappa shape index (κ1) is 18.3. The lowest BCUT2D eigenvalue weighted by Gasteiger charge is -2.17. The molecule has 4 rings (SSSR count). The van der Waals surface area contributed by atoms with Gasteiger partial charge >= 0.3 is 5.97 Å². The highest BCUT2D eigenvalue weighted by Gasteiger charge is 2.19. The number of hydrogen-bond donors (Lipinski definition) is 0. The van der Waals surface area contributed by atoms with E-state index in [0.29, 0.717) is 12.1 Å². The van der Waals surface area contributed by atoms with Gasteiger partial charge in [0, 0.05) is 22.7 Å². The molecule has 3 aromatic rings. The van der Waals surface area contributed by atoms with Crippen LogP contribution in [0.15, 0.2) is 53.5 Å². The number of carbonyl (C=O) groups excluding carboxylic acids is 1. The SMILES string of the molecule is O=C(OF)c1cn(-c2ccc(CN3CCCC3)cc2F)c2ccccc2c1=O. The number of nitrogens with zero attached hydrogens (tertiary/aromatic N) is 2. The van der Waals surface area contributed by atoms with Crippen molar-refractivity contribution in [1.29, 1.82) is 0 Å². The molecule has 0 aliphatic carbocycles. The van der Waals surface area contributed by atoms with Crippen molar-refractivity contribution in [2.75, 3.05) is 13.1 Å². The Bertz CT molecular complexity index is 1100. The first-order valence-electron chi connectivity index (χ1n) is 9.07. The maximum atomic E-state index is 14.9. The molecule has 1 aliphatic heterocycles. The van der Waals surface area contributed by atoms with E-state index in [0.717, 1.165) is 37.7 Å². The van der Waals surface area contributed by atoms with Crippen LogP contribution in [-0.2, 0) is 11.5 Å². The van der Waals surface area contributed by atoms with E-state index >= 15 is 0 Å². The van der Waals surface area contributed by atoms with E-state index in [1.165, 1.54) is 16.7 Å². The summed E-state index contributed by atoms with van der Waals surface area (Å²) in [5, 5.41) is 0.172. The lowest BCUT2D eigenvalue weighted by molar-refractivity contribution is -0.0789. The van der Waals surface area contributed by atoms with Crippen LogP contribution in [0.25, 0.3) is 16.6 Å². The molecule has 1 fully saturated rings. The molecule has 0 spiro atoms. The van der Waals surface area contributed by atoms with Gasteiger partial charge in [-0.1, -0.05) is 18.2 Å². The van der Waals surface area contributed by atoms with Crippen LogP contribution in [0, 0.1) is 5.82 Å². The maximum absolute atomic E-state index is 14.9. The highest BCUT2D eigenvalue weighted by Crippen LogP contribution is 2.22. The number of rotatable bonds is 4. The molecule has 0 radical (unpaired) electrons. The van der Waals surface area contributed by atoms with Crippen molar-refractivity contribution in [1.82, 2.24) is 9.47 Å². The van der Waals surface area contributed by atoms with Crippen LogP contribution >= 0.6 is 0 Å². The first-order chi connectivity index (χ1) is 13.6. The minimum atomic E-state index is -1.41. The van der Waals surface area contributed by atoms with E-state index in [4.69, 9.17) is 0 Å². The van der Waals surface area contributed by atoms with Crippen molar-refractivity contribution in [2.45, 2.75) is 19.4 Å². The standard InChI is InChI=1S/C21H18F2N2O3/c22-17-11-14(12-24-9-3-4-10-24)7-8-19(17)25-13-16(21(27)28-23)20(26)15-5-1-2-6-18(15)25/h1-2,5-8,11,13H,3-4,9-10,12H2. The number of hydrogen-bond acceptors (Lipinski definition) is 4. The second-order valence-electron chi connectivity index (χ2n) is 6.89. The fourth-order valence-corrected chi connectivity index (χ4v) is 3.71. The van der Waals surface area contributed by atoms with Crippen LogP contribution in [-0.4, -0.2) is 28.5 Å². The molecule has 1 aromatic heterocycles. The predicted octanol–water partition coefficient (Wildman–Crippen LogP) is 3.77. The molecule has 0 bridgehead atoms. The molecule has 0 N–H and O–H groups in total. The van der Waals surface area contributed by atoms with Gasteiger partial charge in [-0.2, -0.15) is 0 Å². The molecular formula is C21H18F2N2O3. The minimum Gasteiger partial charge on any atom is -0.313 e. The Hall–Kier alpha value is -3.06. The van der Waals surface area contributed by atoms with E-state index in [9.17, 15) is 18.5 Å². The van der Waals surface area contributed by atoms with Crippen LogP contribution in [0.4, 0.5) is 8.92 Å². The van der Waals surface area contributed by atoms with Gasteiger partial charge in [-0.15, -0.1) is 0 Å². The zero-order valence-electron chi connectivity index (χ0n) is 15.0. The van der Waals surface area contributed by atoms with Gasteiger partial charge in [-0.25, -0.2) is 14.1 Å². The van der Waals surface area contributed by atoms with Crippen molar-refractivity contribution >= 4 is 16.9 Å². The molecule has 28 heavy (non-hydrogen) atoms. The topological polar surface area (TPSA) is 51.5 Å². The molecule has 0 unspecified atom stereocenters. The van der Waals surface area contributed by atoms with E-state index < -0.39 is 22.8 Å². The normalized spacial score (nSPS) is 14.5. The lowest BCUT2D eigenvalue weighted by atomic mass is 10.1. The van der Waals surface area contributed by atoms with Crippen molar-refractivity contribution in [3.8, 4) is 5.69 Å². The summed E-state index contributed by atoms with van der Waals surface area (Å²) in [5.74, 6) is -1.90. The average Bonchev–Trinajstić information content (AvgIpc) is 3.21. The second kappa shape index (κ2) is 7.52. The maximum Gasteiger partial charge on any atom is 0.385 e. The lowest BCUT2D eigenvalue weighted by Crippen LogP contribution is -2.20. The monoisotopic (exact) mass is 384 g/mol. The number of carbonyl (C=O) groups is 1. The van der Waals surface area contributed by atoms with Crippen LogP contribution in [0.1, 0.15) is 28.8 Å². The van der Waals surface area contributed by atoms with Crippen LogP contribution in [0.3, 0.4) is 0 Å². The van der Waals surface area contributed by atoms with Gasteiger partial charge in [0.05, 0.1) is 11.2 Å². The summed E-state index contributed by atoms with van der Waals surface area (Å²) >= 11 is 0. The fraction of sp³-hybridized carbons (Fsp3) is 0.238. The van der Waals surface area contributed by atoms with Crippen LogP contribution in [0.5, 0.6) is 0 Å². The van der Waals surface area contributed by atoms with Gasteiger partial charge in [0.15, 0.2) is 0 Å². The van der Waals surface area contributed by atoms with E-state index in [1.807, 2.05) is 6.07 Å². The first-order valence-corrected chi connectivity index (χ1v) is 9.07. The Morgan fingerprint density at radius 1 is 1.11 bits per heavy atom. The summed E-state index contributed by atoms with van der Waals surface area (Å²) in [6.07, 6.45) is 3.42. The zero-order chi connectivity index (χ0) is 19.7. The Morgan fingerprint density at radius 3 is 2.57 bits per heavy atom. The molecule has 5 nitrogen and oxygen atoms in total. The summed E-state index contributed by atoms with van der Waals surface area (Å²) in [7, 11) is 0. The quantitative estimate of drug-likeness (QED) is 0.687. The molecule has 2 heterocycles. The third-order valence-corrected chi connectivity index (χ3v) is 5.08. The molecule has 144 valence electrons. The van der Waals surface area contributed by atoms with Gasteiger partial charge in [-0.3, -0.25) is 9.69 Å². The molecule has 7 heteroatoms. The van der Waals surface area contributed by atoms with Gasteiger partial charge < -0.3 is 4.57 Å². The van der Waals surface area contributed by atoms with Crippen molar-refractivity contribution in [2.24, 2.45) is 0 Å². The Labute approximate surface area is 159 Å². The largest absolute Gasteiger partial charge is 0.385 e. The third-order valence-electron chi connectivity index (χ3n) is 5.08. The Balaban J connectivity index is 1.83. The number of pyridine rings is 1. The van der Waals surface area contributed by atoms with Crippen LogP contribution < -0.4 is 5.43 Å². The molecule has 1 aliphatic rings. The summed E-state index contributed by atoms with van der Waals surface area (Å²) < 4.78 is 28.8. The molecule has 2 aromatic carbocycles. The number of benzene rings is 2. The summed E-state index contributed by atoms with van der Waals surface area (Å²) in [6.45, 7) is 2.67. The minimum absolute atomic E-state index is 0.161. The highest BCUT2D eigenvalue weighted by atomic mass is 19.3. The highest BCUT2D eigenvalue weighted by molar-refractivity contribution is 5.94. The zero-order valence-corrected chi connectivity index (χ0v) is 15.0. The van der Waals surface area contributed by atoms with Crippen molar-refractivity contribution < 1.29 is 18.7 Å². The summed E-state index contributed by atoms with van der Waals surface area (Å²) in [4.78, 5) is 29.6. The molecule has 0 amide bonds. The molecule has 0 atom stereocenters. The number of aromatic nitrogens is 1. The van der Waals surface area contributed by atoms with Crippen molar-refractivity contribution in [3.05, 3.63) is 75.8 Å². The predicted molar refractivity (Wildman–Crippen MR) is 101 cm³/mol. The fourth-order valence-electron chi connectivity index (χ4n) is 3.71. The van der Waals surface area contributed by atoms with Gasteiger partial charge in [0.1, 0.15) is 11.4 Å². The van der Waals surface area contributed by atoms with Crippen molar-refractivity contribution in [3.63, 3.8) is 0 Å². The van der Waals surface area contributed by atoms with Gasteiger partial charge in [-0.05, 0) is 55.8 Å². The van der Waals surface area contributed by atoms with Gasteiger partial charge in [0.25, 0.3) is 0 Å². The van der Waals surface area contributed by atoms with Crippen LogP contribution in [0.2, 0.25) is 0 Å². The number of likely N-dealkylation sites (tertiary alicyclic amines) is 1. The second-order valence-corrected chi connectivity index (χ2v) is 6.89. The molecule has 0 saturated carbocycles. The Kier molecular flexibility index (Phi) is 4.92. The number of fused-ring (bicyclic) bond motifs is 1. The Morgan fingerprint density at radius 2 is 1.86 bits per heavy atom. The van der Waals surface area contributed by atoms with Gasteiger partial charge in [0.2, 0.25) is 5.43 Å². The smallest absolute Gasteiger partial charge is 0.313 e. The molecule has 1 saturated heterocycles. The van der Waals surface area contributed by atoms with E-state index in [-0.39, 0.29) is 11.1 Å². The van der Waals surface area contributed by atoms with E-state index in [2.05, 4.69) is 9.84 Å². The number of para-hydroxylation sites is 1. The number of halogens is 2. The average molecular weight is 384 g/mol. The molecular weight excluding hydrogens is 366 g/mol. The summed E-state index contributed by atoms with van der Waals surface area (Å²) in [6, 6.07) is 11.3. The third kappa shape index (κ3) is 3.29.